The van der Waals surface area contributed by atoms with Crippen molar-refractivity contribution in [3.63, 3.8) is 0 Å². The zero-order valence-corrected chi connectivity index (χ0v) is 13.1. The van der Waals surface area contributed by atoms with E-state index in [1.807, 2.05) is 30.5 Å². The molecule has 3 aromatic rings. The predicted molar refractivity (Wildman–Crippen MR) is 86.0 cm³/mol. The molecule has 1 aromatic carbocycles. The number of halogens is 1. The number of pyridine rings is 1. The van der Waals surface area contributed by atoms with E-state index in [0.717, 1.165) is 41.2 Å². The summed E-state index contributed by atoms with van der Waals surface area (Å²) in [6.45, 7) is 4.10. The summed E-state index contributed by atoms with van der Waals surface area (Å²) in [4.78, 5) is 4.12. The lowest BCUT2D eigenvalue weighted by Gasteiger charge is -2.22. The van der Waals surface area contributed by atoms with E-state index in [-0.39, 0.29) is 11.7 Å². The van der Waals surface area contributed by atoms with Crippen LogP contribution in [0.4, 0.5) is 4.39 Å². The summed E-state index contributed by atoms with van der Waals surface area (Å²) < 4.78 is 16.8. The fraction of sp³-hybridized carbons (Fsp3) is 0.278. The van der Waals surface area contributed by atoms with Gasteiger partial charge in [-0.05, 0) is 35.7 Å². The minimum absolute atomic E-state index is 0.194. The highest BCUT2D eigenvalue weighted by atomic mass is 19.1. The summed E-state index contributed by atoms with van der Waals surface area (Å²) >= 11 is 0. The van der Waals surface area contributed by atoms with Gasteiger partial charge in [-0.3, -0.25) is 9.55 Å². The largest absolute Gasteiger partial charge is 0.279 e. The molecule has 0 spiro atoms. The molecule has 0 unspecified atom stereocenters. The van der Waals surface area contributed by atoms with Crippen LogP contribution < -0.4 is 0 Å². The van der Waals surface area contributed by atoms with Gasteiger partial charge in [-0.2, -0.15) is 0 Å². The first-order chi connectivity index (χ1) is 11.1. The Balaban J connectivity index is 1.91. The fourth-order valence-corrected chi connectivity index (χ4v) is 3.15. The Kier molecular flexibility index (Phi) is 3.22. The van der Waals surface area contributed by atoms with Crippen molar-refractivity contribution in [2.75, 3.05) is 0 Å². The SMILES string of the molecule is CC(C)c1nnc2n1-c1c(F)cc(-c3cccnc3)cc1CC2. The average Bonchev–Trinajstić information content (AvgIpc) is 2.99. The number of rotatable bonds is 2. The first-order valence-electron chi connectivity index (χ1n) is 7.82. The molecular weight excluding hydrogens is 291 g/mol. The van der Waals surface area contributed by atoms with Crippen LogP contribution in [0.25, 0.3) is 16.8 Å². The molecule has 0 N–H and O–H groups in total. The van der Waals surface area contributed by atoms with Crippen LogP contribution in [0, 0.1) is 5.82 Å². The second-order valence-electron chi connectivity index (χ2n) is 6.17. The molecule has 116 valence electrons. The molecule has 5 heteroatoms. The molecule has 0 amide bonds. The quantitative estimate of drug-likeness (QED) is 0.725. The Hall–Kier alpha value is -2.56. The normalized spacial score (nSPS) is 13.0. The monoisotopic (exact) mass is 308 g/mol. The maximum atomic E-state index is 14.9. The van der Waals surface area contributed by atoms with Crippen LogP contribution in [-0.2, 0) is 12.8 Å². The van der Waals surface area contributed by atoms with Gasteiger partial charge in [0.1, 0.15) is 17.5 Å². The van der Waals surface area contributed by atoms with Gasteiger partial charge in [-0.1, -0.05) is 19.9 Å². The van der Waals surface area contributed by atoms with E-state index in [1.54, 1.807) is 18.5 Å². The molecule has 1 aliphatic rings. The van der Waals surface area contributed by atoms with Crippen LogP contribution in [-0.4, -0.2) is 19.7 Å². The standard InChI is InChI=1S/C18H17FN4/c1-11(2)18-22-21-16-6-5-12-8-14(13-4-3-7-20-10-13)9-15(19)17(12)23(16)18/h3-4,7-11H,5-6H2,1-2H3. The lowest BCUT2D eigenvalue weighted by molar-refractivity contribution is 0.596. The number of fused-ring (bicyclic) bond motifs is 3. The van der Waals surface area contributed by atoms with Crippen molar-refractivity contribution >= 4 is 0 Å². The summed E-state index contributed by atoms with van der Waals surface area (Å²) in [5, 5.41) is 8.49. The minimum Gasteiger partial charge on any atom is -0.279 e. The van der Waals surface area contributed by atoms with Gasteiger partial charge in [0.15, 0.2) is 0 Å². The molecule has 23 heavy (non-hydrogen) atoms. The lowest BCUT2D eigenvalue weighted by atomic mass is 9.97. The highest BCUT2D eigenvalue weighted by Crippen LogP contribution is 2.33. The average molecular weight is 308 g/mol. The molecule has 0 bridgehead atoms. The van der Waals surface area contributed by atoms with Gasteiger partial charge in [0.05, 0.1) is 5.69 Å². The van der Waals surface area contributed by atoms with E-state index >= 15 is 0 Å². The zero-order chi connectivity index (χ0) is 16.0. The van der Waals surface area contributed by atoms with Crippen molar-refractivity contribution in [1.82, 2.24) is 19.7 Å². The number of benzene rings is 1. The molecule has 2 aromatic heterocycles. The molecular formula is C18H17FN4. The van der Waals surface area contributed by atoms with E-state index in [0.29, 0.717) is 5.69 Å². The van der Waals surface area contributed by atoms with Gasteiger partial charge in [0.2, 0.25) is 0 Å². The highest BCUT2D eigenvalue weighted by Gasteiger charge is 2.26. The maximum Gasteiger partial charge on any atom is 0.148 e. The van der Waals surface area contributed by atoms with Gasteiger partial charge in [-0.25, -0.2) is 4.39 Å². The number of nitrogens with zero attached hydrogens (tertiary/aromatic N) is 4. The Bertz CT molecular complexity index is 868. The second kappa shape index (κ2) is 5.26. The van der Waals surface area contributed by atoms with Crippen molar-refractivity contribution in [3.05, 3.63) is 59.7 Å². The third-order valence-corrected chi connectivity index (χ3v) is 4.25. The molecule has 0 atom stereocenters. The molecule has 0 radical (unpaired) electrons. The van der Waals surface area contributed by atoms with Gasteiger partial charge < -0.3 is 0 Å². The Morgan fingerprint density at radius 3 is 2.74 bits per heavy atom. The maximum absolute atomic E-state index is 14.9. The molecule has 3 heterocycles. The highest BCUT2D eigenvalue weighted by molar-refractivity contribution is 5.66. The summed E-state index contributed by atoms with van der Waals surface area (Å²) in [6.07, 6.45) is 5.03. The third kappa shape index (κ3) is 2.23. The van der Waals surface area contributed by atoms with Crippen molar-refractivity contribution in [2.24, 2.45) is 0 Å². The molecule has 1 aliphatic heterocycles. The van der Waals surface area contributed by atoms with Crippen LogP contribution in [0.3, 0.4) is 0 Å². The lowest BCUT2D eigenvalue weighted by Crippen LogP contribution is -2.17. The first kappa shape index (κ1) is 14.1. The van der Waals surface area contributed by atoms with E-state index in [1.165, 1.54) is 0 Å². The zero-order valence-electron chi connectivity index (χ0n) is 13.1. The van der Waals surface area contributed by atoms with Crippen molar-refractivity contribution in [3.8, 4) is 16.8 Å². The van der Waals surface area contributed by atoms with E-state index < -0.39 is 0 Å². The first-order valence-corrected chi connectivity index (χ1v) is 7.82. The second-order valence-corrected chi connectivity index (χ2v) is 6.17. The van der Waals surface area contributed by atoms with E-state index in [4.69, 9.17) is 0 Å². The third-order valence-electron chi connectivity index (χ3n) is 4.25. The number of hydrogen-bond donors (Lipinski definition) is 0. The van der Waals surface area contributed by atoms with Crippen LogP contribution >= 0.6 is 0 Å². The van der Waals surface area contributed by atoms with Gasteiger partial charge >= 0.3 is 0 Å². The predicted octanol–water partition coefficient (Wildman–Crippen LogP) is 3.69. The Morgan fingerprint density at radius 1 is 1.13 bits per heavy atom. The van der Waals surface area contributed by atoms with Gasteiger partial charge in [0, 0.05) is 30.3 Å². The Morgan fingerprint density at radius 2 is 2.00 bits per heavy atom. The molecule has 4 rings (SSSR count). The van der Waals surface area contributed by atoms with Gasteiger partial charge in [0.25, 0.3) is 0 Å². The topological polar surface area (TPSA) is 43.6 Å². The van der Waals surface area contributed by atoms with Crippen molar-refractivity contribution in [2.45, 2.75) is 32.6 Å². The summed E-state index contributed by atoms with van der Waals surface area (Å²) in [7, 11) is 0. The van der Waals surface area contributed by atoms with Crippen molar-refractivity contribution < 1.29 is 4.39 Å². The van der Waals surface area contributed by atoms with Crippen LogP contribution in [0.2, 0.25) is 0 Å². The molecule has 0 fully saturated rings. The molecule has 0 saturated carbocycles. The van der Waals surface area contributed by atoms with Crippen LogP contribution in [0.15, 0.2) is 36.7 Å². The summed E-state index contributed by atoms with van der Waals surface area (Å²) in [5.74, 6) is 1.62. The summed E-state index contributed by atoms with van der Waals surface area (Å²) in [5.41, 5.74) is 3.38. The minimum atomic E-state index is -0.232. The van der Waals surface area contributed by atoms with Crippen LogP contribution in [0.1, 0.15) is 37.0 Å². The fourth-order valence-electron chi connectivity index (χ4n) is 3.15. The van der Waals surface area contributed by atoms with Crippen molar-refractivity contribution in [1.29, 1.82) is 0 Å². The smallest absolute Gasteiger partial charge is 0.148 e. The molecule has 4 nitrogen and oxygen atoms in total. The molecule has 0 saturated heterocycles. The number of aryl methyl sites for hydroxylation is 2. The number of hydrogen-bond acceptors (Lipinski definition) is 3. The number of aromatic nitrogens is 4. The molecule has 0 aliphatic carbocycles. The Labute approximate surface area is 134 Å². The van der Waals surface area contributed by atoms with Crippen LogP contribution in [0.5, 0.6) is 0 Å². The van der Waals surface area contributed by atoms with Gasteiger partial charge in [-0.15, -0.1) is 10.2 Å². The van der Waals surface area contributed by atoms with E-state index in [2.05, 4.69) is 21.2 Å². The van der Waals surface area contributed by atoms with E-state index in [9.17, 15) is 4.39 Å². The summed E-state index contributed by atoms with van der Waals surface area (Å²) in [6, 6.07) is 7.44.